The number of ether oxygens (including phenoxy) is 1. The monoisotopic (exact) mass is 261 g/mol. The van der Waals surface area contributed by atoms with Crippen molar-refractivity contribution in [1.29, 1.82) is 0 Å². The van der Waals surface area contributed by atoms with Gasteiger partial charge in [0, 0.05) is 12.6 Å². The van der Waals surface area contributed by atoms with Gasteiger partial charge in [-0.05, 0) is 69.1 Å². The molecule has 0 saturated heterocycles. The summed E-state index contributed by atoms with van der Waals surface area (Å²) in [6.45, 7) is 7.23. The predicted molar refractivity (Wildman–Crippen MR) is 80.4 cm³/mol. The highest BCUT2D eigenvalue weighted by atomic mass is 16.5. The third-order valence-corrected chi connectivity index (χ3v) is 4.30. The lowest BCUT2D eigenvalue weighted by Gasteiger charge is -2.36. The summed E-state index contributed by atoms with van der Waals surface area (Å²) in [5.41, 5.74) is 10.4. The van der Waals surface area contributed by atoms with Crippen molar-refractivity contribution in [1.82, 2.24) is 0 Å². The third kappa shape index (κ3) is 4.05. The van der Waals surface area contributed by atoms with Crippen molar-refractivity contribution in [3.05, 3.63) is 34.9 Å². The fraction of sp³-hybridized carbons (Fsp3) is 0.647. The van der Waals surface area contributed by atoms with Crippen LogP contribution >= 0.6 is 0 Å². The van der Waals surface area contributed by atoms with Crippen molar-refractivity contribution < 1.29 is 4.74 Å². The van der Waals surface area contributed by atoms with Crippen LogP contribution in [0.2, 0.25) is 0 Å². The van der Waals surface area contributed by atoms with Crippen LogP contribution < -0.4 is 5.73 Å². The molecule has 1 atom stereocenters. The van der Waals surface area contributed by atoms with E-state index in [2.05, 4.69) is 39.0 Å². The number of hydrogen-bond acceptors (Lipinski definition) is 2. The molecule has 0 radical (unpaired) electrons. The number of aryl methyl sites for hydroxylation is 2. The molecule has 2 heteroatoms. The lowest BCUT2D eigenvalue weighted by molar-refractivity contribution is -0.0280. The summed E-state index contributed by atoms with van der Waals surface area (Å²) >= 11 is 0. The molecule has 0 aromatic heterocycles. The molecule has 2 N–H and O–H groups in total. The fourth-order valence-electron chi connectivity index (χ4n) is 2.98. The van der Waals surface area contributed by atoms with Crippen LogP contribution in [0.5, 0.6) is 0 Å². The smallest absolute Gasteiger partial charge is 0.0580 e. The maximum absolute atomic E-state index is 6.28. The Balaban J connectivity index is 1.75. The lowest BCUT2D eigenvalue weighted by atomic mass is 9.77. The van der Waals surface area contributed by atoms with E-state index >= 15 is 0 Å². The zero-order chi connectivity index (χ0) is 13.8. The highest BCUT2D eigenvalue weighted by molar-refractivity contribution is 5.30. The first-order chi connectivity index (χ1) is 9.08. The van der Waals surface area contributed by atoms with Gasteiger partial charge in [-0.2, -0.15) is 0 Å². The fourth-order valence-corrected chi connectivity index (χ4v) is 2.98. The van der Waals surface area contributed by atoms with Crippen LogP contribution in [-0.2, 0) is 11.2 Å². The molecule has 2 nitrogen and oxygen atoms in total. The molecular weight excluding hydrogens is 234 g/mol. The summed E-state index contributed by atoms with van der Waals surface area (Å²) < 4.78 is 5.60. The minimum atomic E-state index is 0.287. The molecule has 1 aliphatic rings. The van der Waals surface area contributed by atoms with Crippen LogP contribution in [0, 0.1) is 19.8 Å². The van der Waals surface area contributed by atoms with Crippen molar-refractivity contribution in [3.8, 4) is 0 Å². The van der Waals surface area contributed by atoms with Gasteiger partial charge in [-0.15, -0.1) is 0 Å². The second-order valence-electron chi connectivity index (χ2n) is 6.03. The molecule has 0 bridgehead atoms. The molecule has 0 aliphatic heterocycles. The van der Waals surface area contributed by atoms with Crippen molar-refractivity contribution in [3.63, 3.8) is 0 Å². The highest BCUT2D eigenvalue weighted by Gasteiger charge is 2.30. The maximum Gasteiger partial charge on any atom is 0.0580 e. The SMILES string of the molecule is CCOC1CC(CC(N)Cc2ccc(C)c(C)c2)C1. The average Bonchev–Trinajstić information content (AvgIpc) is 2.31. The van der Waals surface area contributed by atoms with Crippen LogP contribution in [0.25, 0.3) is 0 Å². The Labute approximate surface area is 117 Å². The quantitative estimate of drug-likeness (QED) is 0.852. The first kappa shape index (κ1) is 14.5. The number of rotatable bonds is 6. The number of nitrogens with two attached hydrogens (primary N) is 1. The van der Waals surface area contributed by atoms with Gasteiger partial charge in [0.15, 0.2) is 0 Å². The average molecular weight is 261 g/mol. The van der Waals surface area contributed by atoms with Crippen LogP contribution in [0.15, 0.2) is 18.2 Å². The van der Waals surface area contributed by atoms with Crippen LogP contribution in [0.1, 0.15) is 42.9 Å². The normalized spacial score (nSPS) is 24.0. The molecule has 19 heavy (non-hydrogen) atoms. The molecule has 106 valence electrons. The Morgan fingerprint density at radius 2 is 2.00 bits per heavy atom. The van der Waals surface area contributed by atoms with Crippen molar-refractivity contribution in [2.24, 2.45) is 11.7 Å². The molecule has 0 spiro atoms. The Morgan fingerprint density at radius 3 is 2.63 bits per heavy atom. The second-order valence-corrected chi connectivity index (χ2v) is 6.03. The minimum absolute atomic E-state index is 0.287. The van der Waals surface area contributed by atoms with E-state index in [1.165, 1.54) is 29.5 Å². The van der Waals surface area contributed by atoms with Gasteiger partial charge in [-0.3, -0.25) is 0 Å². The first-order valence-corrected chi connectivity index (χ1v) is 7.51. The summed E-state index contributed by atoms with van der Waals surface area (Å²) in [6.07, 6.45) is 5.04. The van der Waals surface area contributed by atoms with Crippen molar-refractivity contribution in [2.45, 2.75) is 58.6 Å². The van der Waals surface area contributed by atoms with Gasteiger partial charge < -0.3 is 10.5 Å². The van der Waals surface area contributed by atoms with Crippen LogP contribution in [0.3, 0.4) is 0 Å². The summed E-state index contributed by atoms with van der Waals surface area (Å²) in [4.78, 5) is 0. The summed E-state index contributed by atoms with van der Waals surface area (Å²) in [7, 11) is 0. The largest absolute Gasteiger partial charge is 0.378 e. The lowest BCUT2D eigenvalue weighted by Crippen LogP contribution is -2.36. The van der Waals surface area contributed by atoms with Crippen LogP contribution in [0.4, 0.5) is 0 Å². The Bertz CT molecular complexity index is 410. The molecule has 1 aromatic carbocycles. The summed E-state index contributed by atoms with van der Waals surface area (Å²) in [5, 5.41) is 0. The van der Waals surface area contributed by atoms with Crippen molar-refractivity contribution in [2.75, 3.05) is 6.61 Å². The van der Waals surface area contributed by atoms with Gasteiger partial charge in [-0.25, -0.2) is 0 Å². The number of hydrogen-bond donors (Lipinski definition) is 1. The second kappa shape index (κ2) is 6.53. The van der Waals surface area contributed by atoms with E-state index in [1.54, 1.807) is 0 Å². The molecule has 2 rings (SSSR count). The molecule has 1 saturated carbocycles. The van der Waals surface area contributed by atoms with E-state index in [0.717, 1.165) is 25.4 Å². The zero-order valence-corrected chi connectivity index (χ0v) is 12.5. The summed E-state index contributed by atoms with van der Waals surface area (Å²) in [6, 6.07) is 6.98. The van der Waals surface area contributed by atoms with Gasteiger partial charge in [0.2, 0.25) is 0 Å². The van der Waals surface area contributed by atoms with E-state index in [4.69, 9.17) is 10.5 Å². The zero-order valence-electron chi connectivity index (χ0n) is 12.5. The maximum atomic E-state index is 6.28. The Hall–Kier alpha value is -0.860. The van der Waals surface area contributed by atoms with Gasteiger partial charge in [0.25, 0.3) is 0 Å². The standard InChI is InChI=1S/C17H27NO/c1-4-19-17-10-15(11-17)9-16(18)8-14-6-5-12(2)13(3)7-14/h5-7,15-17H,4,8-11,18H2,1-3H3. The molecule has 1 aromatic rings. The Kier molecular flexibility index (Phi) is 5.00. The molecule has 1 fully saturated rings. The van der Waals surface area contributed by atoms with Gasteiger partial charge in [0.05, 0.1) is 6.10 Å². The number of benzene rings is 1. The van der Waals surface area contributed by atoms with E-state index < -0.39 is 0 Å². The molecule has 1 aliphatic carbocycles. The van der Waals surface area contributed by atoms with E-state index in [9.17, 15) is 0 Å². The van der Waals surface area contributed by atoms with Gasteiger partial charge in [-0.1, -0.05) is 18.2 Å². The molecule has 0 amide bonds. The first-order valence-electron chi connectivity index (χ1n) is 7.51. The molecular formula is C17H27NO. The minimum Gasteiger partial charge on any atom is -0.378 e. The highest BCUT2D eigenvalue weighted by Crippen LogP contribution is 2.33. The van der Waals surface area contributed by atoms with Gasteiger partial charge >= 0.3 is 0 Å². The van der Waals surface area contributed by atoms with E-state index in [-0.39, 0.29) is 6.04 Å². The van der Waals surface area contributed by atoms with E-state index in [1.807, 2.05) is 0 Å². The Morgan fingerprint density at radius 1 is 1.26 bits per heavy atom. The van der Waals surface area contributed by atoms with Crippen LogP contribution in [-0.4, -0.2) is 18.8 Å². The third-order valence-electron chi connectivity index (χ3n) is 4.30. The topological polar surface area (TPSA) is 35.2 Å². The van der Waals surface area contributed by atoms with E-state index in [0.29, 0.717) is 6.10 Å². The molecule has 0 heterocycles. The van der Waals surface area contributed by atoms with Crippen molar-refractivity contribution >= 4 is 0 Å². The predicted octanol–water partition coefficient (Wildman–Crippen LogP) is 3.38. The summed E-state index contributed by atoms with van der Waals surface area (Å²) in [5.74, 6) is 0.776. The molecule has 1 unspecified atom stereocenters. The van der Waals surface area contributed by atoms with Gasteiger partial charge in [0.1, 0.15) is 0 Å².